The van der Waals surface area contributed by atoms with E-state index in [2.05, 4.69) is 10.2 Å². The first-order valence-electron chi connectivity index (χ1n) is 15.8. The van der Waals surface area contributed by atoms with E-state index in [1.54, 1.807) is 116 Å². The average molecular weight is 679 g/mol. The van der Waals surface area contributed by atoms with Crippen molar-refractivity contribution < 1.29 is 48.0 Å². The van der Waals surface area contributed by atoms with Gasteiger partial charge in [-0.05, 0) is 55.5 Å². The van der Waals surface area contributed by atoms with E-state index in [1.807, 2.05) is 0 Å². The zero-order chi connectivity index (χ0) is 35.3. The summed E-state index contributed by atoms with van der Waals surface area (Å²) in [6.45, 7) is 1.16. The highest BCUT2D eigenvalue weighted by Crippen LogP contribution is 2.33. The highest BCUT2D eigenvalue weighted by molar-refractivity contribution is 5.91. The maximum absolute atomic E-state index is 13.4. The second kappa shape index (κ2) is 17.3. The van der Waals surface area contributed by atoms with Crippen LogP contribution in [0.5, 0.6) is 0 Å². The van der Waals surface area contributed by atoms with Crippen LogP contribution in [0.25, 0.3) is 0 Å². The quantitative estimate of drug-likeness (QED) is 0.0539. The van der Waals surface area contributed by atoms with Crippen LogP contribution in [0.2, 0.25) is 0 Å². The van der Waals surface area contributed by atoms with Gasteiger partial charge in [0, 0.05) is 6.42 Å². The van der Waals surface area contributed by atoms with Gasteiger partial charge in [0.05, 0.1) is 29.0 Å². The summed E-state index contributed by atoms with van der Waals surface area (Å²) >= 11 is 0. The van der Waals surface area contributed by atoms with Crippen LogP contribution < -0.4 is 0 Å². The van der Waals surface area contributed by atoms with E-state index in [0.29, 0.717) is 5.69 Å². The fourth-order valence-corrected chi connectivity index (χ4v) is 5.04. The summed E-state index contributed by atoms with van der Waals surface area (Å²) in [5.41, 5.74) is 0.571. The van der Waals surface area contributed by atoms with E-state index in [0.717, 1.165) is 0 Å². The van der Waals surface area contributed by atoms with Gasteiger partial charge in [-0.1, -0.05) is 72.8 Å². The number of esters is 4. The molecular formula is C38H34N2O10. The third-order valence-electron chi connectivity index (χ3n) is 7.46. The minimum Gasteiger partial charge on any atom is -0.510 e. The van der Waals surface area contributed by atoms with Crippen molar-refractivity contribution in [3.8, 4) is 0 Å². The predicted octanol–water partition coefficient (Wildman–Crippen LogP) is 6.57. The first kappa shape index (κ1) is 35.2. The standard InChI is InChI=1S/C38H34N2O10/c1-2-46-38(45)32(40-39-28-21-13-6-14-22-28)29(41)23-30-33(49-36(43)26-17-9-4-10-18-26)34(50-37(44)27-19-11-5-12-20-27)31(48-30)24-47-35(42)25-15-7-3-8-16-25/h3-22,30-31,33-34,41H,2,23-24H2,1H3/b32-29+,40-39?/t30-,31-,33+,34-/m1/s1. The fourth-order valence-electron chi connectivity index (χ4n) is 5.04. The van der Waals surface area contributed by atoms with Crippen molar-refractivity contribution >= 4 is 29.6 Å². The Morgan fingerprint density at radius 2 is 1.10 bits per heavy atom. The Morgan fingerprint density at radius 3 is 1.60 bits per heavy atom. The molecule has 0 aromatic heterocycles. The lowest BCUT2D eigenvalue weighted by molar-refractivity contribution is -0.138. The number of hydrogen-bond donors (Lipinski definition) is 1. The molecule has 4 atom stereocenters. The Balaban J connectivity index is 1.50. The molecule has 5 rings (SSSR count). The lowest BCUT2D eigenvalue weighted by atomic mass is 10.0. The summed E-state index contributed by atoms with van der Waals surface area (Å²) in [5.74, 6) is -3.75. The van der Waals surface area contributed by atoms with E-state index >= 15 is 0 Å². The second-order valence-electron chi connectivity index (χ2n) is 10.9. The van der Waals surface area contributed by atoms with Gasteiger partial charge < -0.3 is 28.8 Å². The minimum absolute atomic E-state index is 0.0138. The number of carbonyl (C=O) groups is 4. The monoisotopic (exact) mass is 678 g/mol. The van der Waals surface area contributed by atoms with Gasteiger partial charge in [0.1, 0.15) is 24.6 Å². The number of aliphatic hydroxyl groups excluding tert-OH is 1. The molecule has 4 aromatic rings. The van der Waals surface area contributed by atoms with Gasteiger partial charge in [0.2, 0.25) is 5.70 Å². The molecule has 0 amide bonds. The predicted molar refractivity (Wildman–Crippen MR) is 179 cm³/mol. The van der Waals surface area contributed by atoms with Crippen molar-refractivity contribution in [2.24, 2.45) is 10.2 Å². The highest BCUT2D eigenvalue weighted by Gasteiger charge is 2.51. The molecule has 0 aliphatic carbocycles. The molecule has 256 valence electrons. The molecule has 12 heteroatoms. The van der Waals surface area contributed by atoms with Crippen molar-refractivity contribution in [3.63, 3.8) is 0 Å². The van der Waals surface area contributed by atoms with Crippen LogP contribution in [0.15, 0.2) is 143 Å². The smallest absolute Gasteiger partial charge is 0.362 e. The lowest BCUT2D eigenvalue weighted by Gasteiger charge is -2.24. The Morgan fingerprint density at radius 1 is 0.640 bits per heavy atom. The van der Waals surface area contributed by atoms with Crippen LogP contribution in [0, 0.1) is 0 Å². The molecule has 50 heavy (non-hydrogen) atoms. The van der Waals surface area contributed by atoms with Crippen LogP contribution in [0.3, 0.4) is 0 Å². The number of benzene rings is 4. The van der Waals surface area contributed by atoms with Crippen LogP contribution in [0.1, 0.15) is 44.4 Å². The van der Waals surface area contributed by atoms with Gasteiger partial charge in [0.15, 0.2) is 12.2 Å². The van der Waals surface area contributed by atoms with Crippen molar-refractivity contribution in [2.75, 3.05) is 13.2 Å². The number of nitrogens with zero attached hydrogens (tertiary/aromatic N) is 2. The van der Waals surface area contributed by atoms with Crippen LogP contribution in [-0.4, -0.2) is 66.6 Å². The molecule has 0 unspecified atom stereocenters. The summed E-state index contributed by atoms with van der Waals surface area (Å²) in [7, 11) is 0. The van der Waals surface area contributed by atoms with Gasteiger partial charge in [-0.15, -0.1) is 5.11 Å². The SMILES string of the molecule is CCOC(=O)/C(N=Nc1ccccc1)=C(\O)C[C@H]1O[C@H](COC(=O)c2ccccc2)[C@@H](OC(=O)c2ccccc2)[C@H]1OC(=O)c1ccccc1. The van der Waals surface area contributed by atoms with Gasteiger partial charge in [0.25, 0.3) is 0 Å². The van der Waals surface area contributed by atoms with E-state index in [1.165, 1.54) is 12.1 Å². The molecule has 0 radical (unpaired) electrons. The number of hydrogen-bond acceptors (Lipinski definition) is 12. The third-order valence-corrected chi connectivity index (χ3v) is 7.46. The van der Waals surface area contributed by atoms with Gasteiger partial charge in [-0.25, -0.2) is 19.2 Å². The van der Waals surface area contributed by atoms with Crippen LogP contribution in [0.4, 0.5) is 5.69 Å². The zero-order valence-electron chi connectivity index (χ0n) is 27.0. The first-order valence-corrected chi connectivity index (χ1v) is 15.8. The Kier molecular flexibility index (Phi) is 12.2. The molecule has 1 aliphatic rings. The van der Waals surface area contributed by atoms with E-state index in [9.17, 15) is 24.3 Å². The van der Waals surface area contributed by atoms with Crippen molar-refractivity contribution in [2.45, 2.75) is 37.8 Å². The maximum Gasteiger partial charge on any atom is 0.362 e. The molecule has 1 N–H and O–H groups in total. The lowest BCUT2D eigenvalue weighted by Crippen LogP contribution is -2.42. The molecular weight excluding hydrogens is 644 g/mol. The van der Waals surface area contributed by atoms with E-state index in [4.69, 9.17) is 23.7 Å². The molecule has 4 aromatic carbocycles. The summed E-state index contributed by atoms with van der Waals surface area (Å²) in [6, 6.07) is 33.0. The molecule has 12 nitrogen and oxygen atoms in total. The highest BCUT2D eigenvalue weighted by atomic mass is 16.7. The molecule has 0 bridgehead atoms. The Bertz CT molecular complexity index is 1820. The summed E-state index contributed by atoms with van der Waals surface area (Å²) < 4.78 is 28.7. The normalized spacial score (nSPS) is 18.9. The molecule has 1 fully saturated rings. The number of carbonyl (C=O) groups excluding carboxylic acids is 4. The van der Waals surface area contributed by atoms with E-state index in [-0.39, 0.29) is 23.3 Å². The van der Waals surface area contributed by atoms with Crippen LogP contribution >= 0.6 is 0 Å². The summed E-state index contributed by atoms with van der Waals surface area (Å²) in [5, 5.41) is 19.3. The van der Waals surface area contributed by atoms with Crippen molar-refractivity contribution in [1.29, 1.82) is 0 Å². The fraction of sp³-hybridized carbons (Fsp3) is 0.211. The number of rotatable bonds is 13. The largest absolute Gasteiger partial charge is 0.510 e. The number of aliphatic hydroxyl groups is 1. The average Bonchev–Trinajstić information content (AvgIpc) is 3.46. The third kappa shape index (κ3) is 9.26. The van der Waals surface area contributed by atoms with Gasteiger partial charge in [-0.2, -0.15) is 5.11 Å². The minimum atomic E-state index is -1.35. The first-order chi connectivity index (χ1) is 24.3. The molecule has 0 saturated carbocycles. The summed E-state index contributed by atoms with van der Waals surface area (Å²) in [6.07, 6.45) is -5.54. The second-order valence-corrected chi connectivity index (χ2v) is 10.9. The van der Waals surface area contributed by atoms with E-state index < -0.39 is 72.8 Å². The van der Waals surface area contributed by atoms with Crippen LogP contribution in [-0.2, 0) is 28.5 Å². The molecule has 1 aliphatic heterocycles. The van der Waals surface area contributed by atoms with Crippen molar-refractivity contribution in [1.82, 2.24) is 0 Å². The topological polar surface area (TPSA) is 159 Å². The van der Waals surface area contributed by atoms with Crippen molar-refractivity contribution in [3.05, 3.63) is 149 Å². The summed E-state index contributed by atoms with van der Waals surface area (Å²) in [4.78, 5) is 52.5. The molecule has 1 saturated heterocycles. The van der Waals surface area contributed by atoms with Gasteiger partial charge >= 0.3 is 23.9 Å². The Hall–Kier alpha value is -6.14. The Labute approximate surface area is 287 Å². The zero-order valence-corrected chi connectivity index (χ0v) is 27.0. The number of azo groups is 1. The van der Waals surface area contributed by atoms with Gasteiger partial charge in [-0.3, -0.25) is 0 Å². The molecule has 1 heterocycles. The molecule has 0 spiro atoms. The maximum atomic E-state index is 13.4. The number of ether oxygens (including phenoxy) is 5.